The average Bonchev–Trinajstić information content (AvgIpc) is 2.48. The molecule has 0 aromatic heterocycles. The van der Waals surface area contributed by atoms with Gasteiger partial charge < -0.3 is 5.11 Å². The molecule has 0 spiro atoms. The van der Waals surface area contributed by atoms with E-state index >= 15 is 0 Å². The molecule has 0 saturated carbocycles. The molecule has 0 saturated heterocycles. The Morgan fingerprint density at radius 3 is 2.50 bits per heavy atom. The molecule has 0 amide bonds. The van der Waals surface area contributed by atoms with Gasteiger partial charge in [0.2, 0.25) is 0 Å². The lowest BCUT2D eigenvalue weighted by atomic mass is 9.93. The zero-order chi connectivity index (χ0) is 14.7. The van der Waals surface area contributed by atoms with Crippen LogP contribution >= 0.6 is 15.9 Å². The minimum Gasteiger partial charge on any atom is -0.384 e. The summed E-state index contributed by atoms with van der Waals surface area (Å²) in [5.74, 6) is -0.355. The lowest BCUT2D eigenvalue weighted by molar-refractivity contribution is 0.217. The van der Waals surface area contributed by atoms with Crippen molar-refractivity contribution < 1.29 is 9.50 Å². The van der Waals surface area contributed by atoms with Crippen LogP contribution in [0.2, 0.25) is 0 Å². The second kappa shape index (κ2) is 6.51. The normalized spacial score (nSPS) is 12.4. The van der Waals surface area contributed by atoms with Gasteiger partial charge in [0.1, 0.15) is 11.9 Å². The number of aliphatic hydroxyl groups is 1. The summed E-state index contributed by atoms with van der Waals surface area (Å²) in [6.07, 6.45) is 0.929. The Bertz CT molecular complexity index is 610. The number of benzene rings is 2. The van der Waals surface area contributed by atoms with Gasteiger partial charge in [0.05, 0.1) is 4.47 Å². The van der Waals surface area contributed by atoms with Gasteiger partial charge in [-0.25, -0.2) is 4.39 Å². The van der Waals surface area contributed by atoms with E-state index in [1.165, 1.54) is 11.6 Å². The Kier molecular flexibility index (Phi) is 4.95. The zero-order valence-corrected chi connectivity index (χ0v) is 13.2. The van der Waals surface area contributed by atoms with E-state index in [4.69, 9.17) is 0 Å². The summed E-state index contributed by atoms with van der Waals surface area (Å²) in [5, 5.41) is 10.6. The molecule has 0 aliphatic carbocycles. The quantitative estimate of drug-likeness (QED) is 0.850. The number of halogens is 2. The summed E-state index contributed by atoms with van der Waals surface area (Å²) in [4.78, 5) is 0. The van der Waals surface area contributed by atoms with E-state index in [1.54, 1.807) is 12.1 Å². The van der Waals surface area contributed by atoms with Crippen LogP contribution in [0.25, 0.3) is 0 Å². The van der Waals surface area contributed by atoms with Gasteiger partial charge in [-0.15, -0.1) is 0 Å². The molecule has 1 N–H and O–H groups in total. The third kappa shape index (κ3) is 2.94. The molecule has 2 aromatic carbocycles. The lowest BCUT2D eigenvalue weighted by Gasteiger charge is -2.18. The zero-order valence-electron chi connectivity index (χ0n) is 11.7. The van der Waals surface area contributed by atoms with Crippen molar-refractivity contribution in [2.45, 2.75) is 32.8 Å². The third-order valence-electron chi connectivity index (χ3n) is 3.57. The Balaban J connectivity index is 2.51. The number of rotatable bonds is 4. The summed E-state index contributed by atoms with van der Waals surface area (Å²) in [6, 6.07) is 10.9. The van der Waals surface area contributed by atoms with E-state index in [0.717, 1.165) is 24.0 Å². The largest absolute Gasteiger partial charge is 0.384 e. The van der Waals surface area contributed by atoms with Crippen LogP contribution in [0, 0.1) is 5.82 Å². The Labute approximate surface area is 127 Å². The van der Waals surface area contributed by atoms with Crippen molar-refractivity contribution >= 4 is 15.9 Å². The fraction of sp³-hybridized carbons (Fsp3) is 0.294. The van der Waals surface area contributed by atoms with E-state index in [-0.39, 0.29) is 5.82 Å². The van der Waals surface area contributed by atoms with Gasteiger partial charge in [0, 0.05) is 5.56 Å². The highest BCUT2D eigenvalue weighted by Gasteiger charge is 2.18. The van der Waals surface area contributed by atoms with Crippen LogP contribution in [0.15, 0.2) is 40.9 Å². The lowest BCUT2D eigenvalue weighted by Crippen LogP contribution is -2.06. The van der Waals surface area contributed by atoms with E-state index < -0.39 is 6.10 Å². The third-order valence-corrected chi connectivity index (χ3v) is 4.41. The van der Waals surface area contributed by atoms with Gasteiger partial charge >= 0.3 is 0 Å². The minimum atomic E-state index is -0.818. The summed E-state index contributed by atoms with van der Waals surface area (Å²) in [5.41, 5.74) is 3.68. The number of hydrogen-bond donors (Lipinski definition) is 1. The first kappa shape index (κ1) is 15.2. The molecule has 0 aliphatic rings. The molecular weight excluding hydrogens is 319 g/mol. The number of aryl methyl sites for hydroxylation is 2. The first-order valence-electron chi connectivity index (χ1n) is 6.82. The van der Waals surface area contributed by atoms with Crippen molar-refractivity contribution in [3.63, 3.8) is 0 Å². The van der Waals surface area contributed by atoms with Crippen molar-refractivity contribution in [2.24, 2.45) is 0 Å². The van der Waals surface area contributed by atoms with Gasteiger partial charge in [-0.1, -0.05) is 44.2 Å². The van der Waals surface area contributed by atoms with E-state index in [0.29, 0.717) is 10.0 Å². The molecule has 1 nitrogen and oxygen atoms in total. The van der Waals surface area contributed by atoms with Gasteiger partial charge in [-0.2, -0.15) is 0 Å². The van der Waals surface area contributed by atoms with Crippen molar-refractivity contribution in [1.82, 2.24) is 0 Å². The summed E-state index contributed by atoms with van der Waals surface area (Å²) < 4.78 is 14.0. The van der Waals surface area contributed by atoms with Gasteiger partial charge in [-0.3, -0.25) is 0 Å². The summed E-state index contributed by atoms with van der Waals surface area (Å²) in [7, 11) is 0. The molecule has 3 heteroatoms. The molecule has 106 valence electrons. The first-order valence-corrected chi connectivity index (χ1v) is 7.61. The maximum Gasteiger partial charge on any atom is 0.137 e. The molecule has 0 heterocycles. The van der Waals surface area contributed by atoms with Gasteiger partial charge in [-0.05, 0) is 51.5 Å². The average molecular weight is 337 g/mol. The molecule has 0 bridgehead atoms. The molecule has 2 rings (SSSR count). The molecule has 1 unspecified atom stereocenters. The van der Waals surface area contributed by atoms with Crippen LogP contribution < -0.4 is 0 Å². The molecule has 20 heavy (non-hydrogen) atoms. The SMILES string of the molecule is CCc1ccc(CC)c(C(O)c2cccc(F)c2Br)c1. The summed E-state index contributed by atoms with van der Waals surface area (Å²) >= 11 is 3.23. The second-order valence-electron chi connectivity index (χ2n) is 4.79. The van der Waals surface area contributed by atoms with Gasteiger partial charge in [0.25, 0.3) is 0 Å². The predicted molar refractivity (Wildman–Crippen MR) is 83.4 cm³/mol. The van der Waals surface area contributed by atoms with Crippen LogP contribution in [-0.4, -0.2) is 5.11 Å². The van der Waals surface area contributed by atoms with Crippen LogP contribution in [0.3, 0.4) is 0 Å². The standard InChI is InChI=1S/C17H18BrFO/c1-3-11-8-9-12(4-2)14(10-11)17(20)13-6-5-7-15(19)16(13)18/h5-10,17,20H,3-4H2,1-2H3. The molecule has 0 radical (unpaired) electrons. The van der Waals surface area contributed by atoms with Crippen molar-refractivity contribution in [1.29, 1.82) is 0 Å². The minimum absolute atomic E-state index is 0.330. The molecule has 1 atom stereocenters. The predicted octanol–water partition coefficient (Wildman–Crippen LogP) is 4.79. The van der Waals surface area contributed by atoms with Crippen molar-refractivity contribution in [3.05, 3.63) is 68.9 Å². The van der Waals surface area contributed by atoms with Crippen molar-refractivity contribution in [3.8, 4) is 0 Å². The second-order valence-corrected chi connectivity index (χ2v) is 5.58. The highest BCUT2D eigenvalue weighted by molar-refractivity contribution is 9.10. The van der Waals surface area contributed by atoms with E-state index in [1.807, 2.05) is 12.1 Å². The Hall–Kier alpha value is -1.19. The molecule has 0 fully saturated rings. The fourth-order valence-electron chi connectivity index (χ4n) is 2.34. The summed E-state index contributed by atoms with van der Waals surface area (Å²) in [6.45, 7) is 4.13. The Morgan fingerprint density at radius 1 is 1.10 bits per heavy atom. The molecular formula is C17H18BrFO. The number of aliphatic hydroxyl groups excluding tert-OH is 1. The molecule has 2 aromatic rings. The van der Waals surface area contributed by atoms with E-state index in [9.17, 15) is 9.50 Å². The smallest absolute Gasteiger partial charge is 0.137 e. The van der Waals surface area contributed by atoms with Crippen LogP contribution in [0.5, 0.6) is 0 Å². The van der Waals surface area contributed by atoms with Gasteiger partial charge in [0.15, 0.2) is 0 Å². The Morgan fingerprint density at radius 2 is 1.85 bits per heavy atom. The van der Waals surface area contributed by atoms with E-state index in [2.05, 4.69) is 35.8 Å². The van der Waals surface area contributed by atoms with Crippen LogP contribution in [0.1, 0.15) is 42.2 Å². The highest BCUT2D eigenvalue weighted by Crippen LogP contribution is 2.32. The van der Waals surface area contributed by atoms with Crippen molar-refractivity contribution in [2.75, 3.05) is 0 Å². The van der Waals surface area contributed by atoms with Crippen LogP contribution in [-0.2, 0) is 12.8 Å². The number of hydrogen-bond acceptors (Lipinski definition) is 1. The first-order chi connectivity index (χ1) is 9.58. The topological polar surface area (TPSA) is 20.2 Å². The van der Waals surface area contributed by atoms with Crippen LogP contribution in [0.4, 0.5) is 4.39 Å². The fourth-order valence-corrected chi connectivity index (χ4v) is 2.82. The monoisotopic (exact) mass is 336 g/mol. The maximum atomic E-state index is 13.6. The highest BCUT2D eigenvalue weighted by atomic mass is 79.9. The molecule has 0 aliphatic heterocycles. The maximum absolute atomic E-state index is 13.6.